The maximum Gasteiger partial charge on any atom is 0.401 e. The number of carbonyl (C=O) groups is 1. The van der Waals surface area contributed by atoms with E-state index in [1.54, 1.807) is 36.4 Å². The highest BCUT2D eigenvalue weighted by Gasteiger charge is 2.32. The Balaban J connectivity index is 1.28. The minimum absolute atomic E-state index is 0.0151. The summed E-state index contributed by atoms with van der Waals surface area (Å²) < 4.78 is 54.0. The van der Waals surface area contributed by atoms with Gasteiger partial charge in [-0.1, -0.05) is 0 Å². The SMILES string of the molecule is Cc1cc(F)c(C(=O)NC2CC2)cc1-n1cc(-c2cncc(NC3CCN(CC(F)(F)F)CC3)c2)cn1. The second-order valence-corrected chi connectivity index (χ2v) is 9.81. The van der Waals surface area contributed by atoms with Crippen LogP contribution < -0.4 is 10.6 Å². The fraction of sp³-hybridized carbons (Fsp3) is 0.423. The van der Waals surface area contributed by atoms with Gasteiger partial charge in [-0.15, -0.1) is 0 Å². The standard InChI is InChI=1S/C26H28F4N6O/c1-16-8-23(27)22(25(37)34-19-2-3-19)10-24(16)36-14-18(12-32-36)17-9-21(13-31-11-17)33-20-4-6-35(7-5-20)15-26(28,29)30/h8-14,19-20,33H,2-7,15H2,1H3,(H,34,37). The van der Waals surface area contributed by atoms with Gasteiger partial charge >= 0.3 is 6.18 Å². The number of pyridine rings is 1. The van der Waals surface area contributed by atoms with Crippen molar-refractivity contribution in [3.63, 3.8) is 0 Å². The molecule has 1 aromatic carbocycles. The van der Waals surface area contributed by atoms with Gasteiger partial charge in [-0.05, 0) is 56.4 Å². The van der Waals surface area contributed by atoms with Crippen LogP contribution in [0.5, 0.6) is 0 Å². The van der Waals surface area contributed by atoms with E-state index in [9.17, 15) is 22.4 Å². The van der Waals surface area contributed by atoms with Crippen LogP contribution in [-0.4, -0.2) is 63.5 Å². The Kier molecular flexibility index (Phi) is 6.89. The van der Waals surface area contributed by atoms with E-state index in [0.717, 1.165) is 29.7 Å². The zero-order chi connectivity index (χ0) is 26.2. The molecule has 1 aliphatic carbocycles. The number of alkyl halides is 3. The Bertz CT molecular complexity index is 1280. The summed E-state index contributed by atoms with van der Waals surface area (Å²) >= 11 is 0. The number of hydrogen-bond donors (Lipinski definition) is 2. The molecule has 2 aromatic heterocycles. The summed E-state index contributed by atoms with van der Waals surface area (Å²) in [7, 11) is 0. The van der Waals surface area contributed by atoms with Gasteiger partial charge in [0.15, 0.2) is 0 Å². The molecule has 2 aliphatic rings. The van der Waals surface area contributed by atoms with Crippen LogP contribution in [0.4, 0.5) is 23.2 Å². The van der Waals surface area contributed by atoms with Crippen molar-refractivity contribution in [1.29, 1.82) is 0 Å². The van der Waals surface area contributed by atoms with Gasteiger partial charge in [-0.2, -0.15) is 18.3 Å². The average Bonchev–Trinajstić information content (AvgIpc) is 3.51. The number of aromatic nitrogens is 3. The minimum Gasteiger partial charge on any atom is -0.381 e. The number of halogens is 4. The zero-order valence-electron chi connectivity index (χ0n) is 20.4. The average molecular weight is 517 g/mol. The van der Waals surface area contributed by atoms with Gasteiger partial charge in [0, 0.05) is 54.9 Å². The van der Waals surface area contributed by atoms with E-state index < -0.39 is 24.4 Å². The summed E-state index contributed by atoms with van der Waals surface area (Å²) in [5, 5.41) is 10.6. The number of benzene rings is 1. The lowest BCUT2D eigenvalue weighted by molar-refractivity contribution is -0.147. The van der Waals surface area contributed by atoms with Crippen molar-refractivity contribution in [2.45, 2.75) is 50.9 Å². The largest absolute Gasteiger partial charge is 0.401 e. The Morgan fingerprint density at radius 1 is 1.03 bits per heavy atom. The highest BCUT2D eigenvalue weighted by atomic mass is 19.4. The van der Waals surface area contributed by atoms with Gasteiger partial charge in [0.2, 0.25) is 0 Å². The number of rotatable bonds is 7. The predicted molar refractivity (Wildman–Crippen MR) is 131 cm³/mol. The van der Waals surface area contributed by atoms with Crippen LogP contribution in [0.2, 0.25) is 0 Å². The first-order valence-electron chi connectivity index (χ1n) is 12.3. The molecule has 2 fully saturated rings. The number of anilines is 1. The van der Waals surface area contributed by atoms with E-state index in [-0.39, 0.29) is 17.6 Å². The number of likely N-dealkylation sites (tertiary alicyclic amines) is 1. The van der Waals surface area contributed by atoms with Gasteiger partial charge in [-0.25, -0.2) is 9.07 Å². The molecule has 37 heavy (non-hydrogen) atoms. The Labute approximate surface area is 211 Å². The lowest BCUT2D eigenvalue weighted by Crippen LogP contribution is -2.43. The van der Waals surface area contributed by atoms with Gasteiger partial charge < -0.3 is 10.6 Å². The van der Waals surface area contributed by atoms with E-state index in [0.29, 0.717) is 37.2 Å². The van der Waals surface area contributed by atoms with Crippen LogP contribution >= 0.6 is 0 Å². The van der Waals surface area contributed by atoms with Crippen molar-refractivity contribution >= 4 is 11.6 Å². The van der Waals surface area contributed by atoms with Crippen molar-refractivity contribution in [3.05, 3.63) is 59.9 Å². The number of carbonyl (C=O) groups excluding carboxylic acids is 1. The molecule has 11 heteroatoms. The number of piperidine rings is 1. The van der Waals surface area contributed by atoms with E-state index in [2.05, 4.69) is 20.7 Å². The van der Waals surface area contributed by atoms with Crippen molar-refractivity contribution < 1.29 is 22.4 Å². The molecule has 3 aromatic rings. The topological polar surface area (TPSA) is 75.1 Å². The second-order valence-electron chi connectivity index (χ2n) is 9.81. The molecular weight excluding hydrogens is 488 g/mol. The second kappa shape index (κ2) is 10.1. The van der Waals surface area contributed by atoms with Gasteiger partial charge in [0.1, 0.15) is 5.82 Å². The number of nitrogens with one attached hydrogen (secondary N) is 2. The van der Waals surface area contributed by atoms with Crippen molar-refractivity contribution in [3.8, 4) is 16.8 Å². The molecule has 1 amide bonds. The van der Waals surface area contributed by atoms with Crippen LogP contribution in [-0.2, 0) is 0 Å². The van der Waals surface area contributed by atoms with E-state index >= 15 is 0 Å². The molecular formula is C26H28F4N6O. The molecule has 5 rings (SSSR count). The molecule has 0 atom stereocenters. The summed E-state index contributed by atoms with van der Waals surface area (Å²) in [6, 6.07) is 4.95. The Morgan fingerprint density at radius 2 is 1.78 bits per heavy atom. The highest BCUT2D eigenvalue weighted by Crippen LogP contribution is 2.27. The smallest absolute Gasteiger partial charge is 0.381 e. The zero-order valence-corrected chi connectivity index (χ0v) is 20.4. The van der Waals surface area contributed by atoms with Gasteiger partial charge in [0.05, 0.1) is 29.7 Å². The summed E-state index contributed by atoms with van der Waals surface area (Å²) in [6.07, 6.45) is 5.71. The molecule has 3 heterocycles. The third kappa shape index (κ3) is 6.27. The van der Waals surface area contributed by atoms with Crippen molar-refractivity contribution in [2.75, 3.05) is 25.0 Å². The normalized spacial score (nSPS) is 17.1. The highest BCUT2D eigenvalue weighted by molar-refractivity contribution is 5.95. The molecule has 2 N–H and O–H groups in total. The first-order valence-corrected chi connectivity index (χ1v) is 12.3. The molecule has 0 bridgehead atoms. The summed E-state index contributed by atoms with van der Waals surface area (Å²) in [5.41, 5.74) is 3.58. The van der Waals surface area contributed by atoms with E-state index in [1.807, 2.05) is 6.07 Å². The van der Waals surface area contributed by atoms with Gasteiger partial charge in [0.25, 0.3) is 5.91 Å². The van der Waals surface area contributed by atoms with Crippen LogP contribution in [0.1, 0.15) is 41.6 Å². The lowest BCUT2D eigenvalue weighted by Gasteiger charge is -2.33. The molecule has 196 valence electrons. The molecule has 1 saturated carbocycles. The first-order chi connectivity index (χ1) is 17.6. The quantitative estimate of drug-likeness (QED) is 0.445. The third-order valence-electron chi connectivity index (χ3n) is 6.71. The number of nitrogens with zero attached hydrogens (tertiary/aromatic N) is 4. The summed E-state index contributed by atoms with van der Waals surface area (Å²) in [6.45, 7) is 1.65. The fourth-order valence-corrected chi connectivity index (χ4v) is 4.58. The minimum atomic E-state index is -4.18. The van der Waals surface area contributed by atoms with Crippen molar-refractivity contribution in [1.82, 2.24) is 25.0 Å². The number of amides is 1. The Hall–Kier alpha value is -3.47. The van der Waals surface area contributed by atoms with Crippen LogP contribution in [0.25, 0.3) is 16.8 Å². The molecule has 1 aliphatic heterocycles. The number of aryl methyl sites for hydroxylation is 1. The first kappa shape index (κ1) is 25.2. The van der Waals surface area contributed by atoms with Crippen molar-refractivity contribution in [2.24, 2.45) is 0 Å². The maximum absolute atomic E-state index is 14.5. The van der Waals surface area contributed by atoms with Crippen LogP contribution in [0.3, 0.4) is 0 Å². The summed E-state index contributed by atoms with van der Waals surface area (Å²) in [4.78, 5) is 18.2. The number of hydrogen-bond acceptors (Lipinski definition) is 5. The predicted octanol–water partition coefficient (Wildman–Crippen LogP) is 4.71. The summed E-state index contributed by atoms with van der Waals surface area (Å²) in [5.74, 6) is -1.00. The Morgan fingerprint density at radius 3 is 2.49 bits per heavy atom. The molecule has 0 radical (unpaired) electrons. The molecule has 0 spiro atoms. The maximum atomic E-state index is 14.5. The molecule has 1 saturated heterocycles. The fourth-order valence-electron chi connectivity index (χ4n) is 4.58. The van der Waals surface area contributed by atoms with Crippen LogP contribution in [0.15, 0.2) is 43.0 Å². The van der Waals surface area contributed by atoms with E-state index in [4.69, 9.17) is 0 Å². The molecule has 0 unspecified atom stereocenters. The lowest BCUT2D eigenvalue weighted by atomic mass is 10.0. The van der Waals surface area contributed by atoms with Crippen LogP contribution in [0, 0.1) is 12.7 Å². The monoisotopic (exact) mass is 516 g/mol. The van der Waals surface area contributed by atoms with Gasteiger partial charge in [-0.3, -0.25) is 14.7 Å². The molecule has 7 nitrogen and oxygen atoms in total. The third-order valence-corrected chi connectivity index (χ3v) is 6.71. The van der Waals surface area contributed by atoms with E-state index in [1.165, 1.54) is 17.0 Å².